The molecule has 1 heterocycles. The van der Waals surface area contributed by atoms with Crippen LogP contribution in [-0.4, -0.2) is 27.6 Å². The lowest BCUT2D eigenvalue weighted by Gasteiger charge is -2.33. The SMILES string of the molecule is O=C(NC1CCC2CC3CC(O)(C2)CC31)c1ccc(Oc2ccc(Cl)cn2)cc1. The minimum absolute atomic E-state index is 0.0561. The summed E-state index contributed by atoms with van der Waals surface area (Å²) in [6.45, 7) is 0. The average Bonchev–Trinajstić information content (AvgIpc) is 2.88. The fraction of sp³-hybridized carbons (Fsp3) is 0.478. The molecule has 5 nitrogen and oxygen atoms in total. The number of aromatic nitrogens is 1. The van der Waals surface area contributed by atoms with Crippen LogP contribution < -0.4 is 10.1 Å². The molecule has 5 unspecified atom stereocenters. The van der Waals surface area contributed by atoms with Crippen LogP contribution in [0.25, 0.3) is 0 Å². The zero-order valence-electron chi connectivity index (χ0n) is 16.2. The number of carbonyl (C=O) groups excluding carboxylic acids is 1. The molecule has 2 N–H and O–H groups in total. The summed E-state index contributed by atoms with van der Waals surface area (Å²) in [5, 5.41) is 14.6. The zero-order valence-corrected chi connectivity index (χ0v) is 16.9. The van der Waals surface area contributed by atoms with E-state index in [1.54, 1.807) is 36.4 Å². The van der Waals surface area contributed by atoms with E-state index in [1.165, 1.54) is 12.6 Å². The molecule has 152 valence electrons. The van der Waals surface area contributed by atoms with Gasteiger partial charge < -0.3 is 15.2 Å². The fourth-order valence-electron chi connectivity index (χ4n) is 5.77. The van der Waals surface area contributed by atoms with Gasteiger partial charge in [0.05, 0.1) is 10.6 Å². The van der Waals surface area contributed by atoms with Gasteiger partial charge in [-0.1, -0.05) is 11.6 Å². The number of amides is 1. The monoisotopic (exact) mass is 412 g/mol. The molecule has 1 aromatic heterocycles. The maximum absolute atomic E-state index is 12.9. The van der Waals surface area contributed by atoms with E-state index in [2.05, 4.69) is 10.3 Å². The van der Waals surface area contributed by atoms with Crippen LogP contribution in [0.15, 0.2) is 42.6 Å². The molecule has 0 saturated heterocycles. The smallest absolute Gasteiger partial charge is 0.251 e. The van der Waals surface area contributed by atoms with Gasteiger partial charge in [-0.25, -0.2) is 4.98 Å². The summed E-state index contributed by atoms with van der Waals surface area (Å²) in [5.74, 6) is 2.57. The van der Waals surface area contributed by atoms with Gasteiger partial charge in [0.1, 0.15) is 5.75 Å². The molecule has 3 saturated carbocycles. The normalized spacial score (nSPS) is 32.6. The van der Waals surface area contributed by atoms with E-state index in [1.807, 2.05) is 0 Å². The van der Waals surface area contributed by atoms with Crippen LogP contribution in [0.4, 0.5) is 0 Å². The van der Waals surface area contributed by atoms with Crippen LogP contribution >= 0.6 is 11.6 Å². The van der Waals surface area contributed by atoms with Gasteiger partial charge in [-0.05, 0) is 86.6 Å². The number of fused-ring (bicyclic) bond motifs is 2. The standard InChI is InChI=1S/C23H25ClN2O3/c24-17-4-8-21(25-13-17)29-18-5-2-15(3-6-18)22(27)26-20-7-1-14-9-16-11-23(28,10-14)12-19(16)20/h2-6,8,13-14,16,19-20,28H,1,7,9-12H2,(H,26,27). The van der Waals surface area contributed by atoms with Crippen molar-refractivity contribution in [1.82, 2.24) is 10.3 Å². The third-order valence-corrected chi connectivity index (χ3v) is 7.15. The van der Waals surface area contributed by atoms with E-state index < -0.39 is 5.60 Å². The van der Waals surface area contributed by atoms with Crippen molar-refractivity contribution in [3.8, 4) is 11.6 Å². The molecular weight excluding hydrogens is 388 g/mol. The number of aliphatic hydroxyl groups is 1. The van der Waals surface area contributed by atoms with Crippen LogP contribution in [0.2, 0.25) is 5.02 Å². The number of nitrogens with one attached hydrogen (secondary N) is 1. The topological polar surface area (TPSA) is 71.5 Å². The lowest BCUT2D eigenvalue weighted by Crippen LogP contribution is -2.41. The zero-order chi connectivity index (χ0) is 20.0. The van der Waals surface area contributed by atoms with Gasteiger partial charge in [0.15, 0.2) is 0 Å². The van der Waals surface area contributed by atoms with E-state index in [-0.39, 0.29) is 11.9 Å². The largest absolute Gasteiger partial charge is 0.439 e. The van der Waals surface area contributed by atoms with Gasteiger partial charge in [-0.2, -0.15) is 0 Å². The maximum Gasteiger partial charge on any atom is 0.251 e. The average molecular weight is 413 g/mol. The van der Waals surface area contributed by atoms with Crippen molar-refractivity contribution in [2.24, 2.45) is 17.8 Å². The Balaban J connectivity index is 1.24. The van der Waals surface area contributed by atoms with Crippen molar-refractivity contribution < 1.29 is 14.6 Å². The molecule has 3 fully saturated rings. The first-order valence-corrected chi connectivity index (χ1v) is 10.8. The van der Waals surface area contributed by atoms with Crippen molar-refractivity contribution >= 4 is 17.5 Å². The Kier molecular flexibility index (Phi) is 4.75. The predicted molar refractivity (Wildman–Crippen MR) is 110 cm³/mol. The molecule has 1 aromatic carbocycles. The van der Waals surface area contributed by atoms with Crippen molar-refractivity contribution in [3.05, 3.63) is 53.2 Å². The second-order valence-electron chi connectivity index (χ2n) is 8.96. The Bertz CT molecular complexity index is 901. The van der Waals surface area contributed by atoms with E-state index in [9.17, 15) is 9.90 Å². The Hall–Kier alpha value is -2.11. The molecule has 1 amide bonds. The summed E-state index contributed by atoms with van der Waals surface area (Å²) in [6.07, 6.45) is 7.54. The summed E-state index contributed by atoms with van der Waals surface area (Å²) >= 11 is 5.84. The minimum Gasteiger partial charge on any atom is -0.439 e. The number of ether oxygens (including phenoxy) is 1. The van der Waals surface area contributed by atoms with Crippen molar-refractivity contribution in [3.63, 3.8) is 0 Å². The third kappa shape index (κ3) is 3.86. The molecule has 29 heavy (non-hydrogen) atoms. The van der Waals surface area contributed by atoms with Gasteiger partial charge in [0, 0.05) is 23.9 Å². The summed E-state index contributed by atoms with van der Waals surface area (Å²) in [4.78, 5) is 17.0. The molecule has 3 aliphatic carbocycles. The summed E-state index contributed by atoms with van der Waals surface area (Å²) < 4.78 is 5.69. The van der Waals surface area contributed by atoms with Crippen LogP contribution in [0, 0.1) is 17.8 Å². The number of nitrogens with zero attached hydrogens (tertiary/aromatic N) is 1. The van der Waals surface area contributed by atoms with Gasteiger partial charge in [-0.3, -0.25) is 4.79 Å². The van der Waals surface area contributed by atoms with E-state index in [0.29, 0.717) is 40.0 Å². The third-order valence-electron chi connectivity index (χ3n) is 6.93. The van der Waals surface area contributed by atoms with Crippen molar-refractivity contribution in [1.29, 1.82) is 0 Å². The highest BCUT2D eigenvalue weighted by molar-refractivity contribution is 6.30. The number of hydrogen-bond acceptors (Lipinski definition) is 4. The van der Waals surface area contributed by atoms with Crippen LogP contribution in [0.3, 0.4) is 0 Å². The lowest BCUT2D eigenvalue weighted by atomic mass is 9.77. The number of benzene rings is 1. The first-order chi connectivity index (χ1) is 14.0. The summed E-state index contributed by atoms with van der Waals surface area (Å²) in [7, 11) is 0. The highest BCUT2D eigenvalue weighted by Gasteiger charge is 2.53. The first-order valence-electron chi connectivity index (χ1n) is 10.4. The van der Waals surface area contributed by atoms with Crippen LogP contribution in [-0.2, 0) is 0 Å². The van der Waals surface area contributed by atoms with E-state index in [0.717, 1.165) is 32.1 Å². The summed E-state index contributed by atoms with van der Waals surface area (Å²) in [6, 6.07) is 10.7. The first kappa shape index (κ1) is 18.9. The second kappa shape index (κ2) is 7.29. The fourth-order valence-corrected chi connectivity index (χ4v) is 5.88. The Morgan fingerprint density at radius 3 is 2.72 bits per heavy atom. The Labute approximate surface area is 175 Å². The number of pyridine rings is 1. The number of carbonyl (C=O) groups is 1. The molecule has 2 aromatic rings. The lowest BCUT2D eigenvalue weighted by molar-refractivity contribution is -0.00594. The van der Waals surface area contributed by atoms with Gasteiger partial charge >= 0.3 is 0 Å². The molecule has 3 aliphatic rings. The van der Waals surface area contributed by atoms with E-state index >= 15 is 0 Å². The van der Waals surface area contributed by atoms with Crippen LogP contribution in [0.1, 0.15) is 48.9 Å². The van der Waals surface area contributed by atoms with E-state index in [4.69, 9.17) is 16.3 Å². The van der Waals surface area contributed by atoms with Gasteiger partial charge in [0.25, 0.3) is 5.91 Å². The number of rotatable bonds is 4. The van der Waals surface area contributed by atoms with Gasteiger partial charge in [-0.15, -0.1) is 0 Å². The molecule has 0 spiro atoms. The predicted octanol–water partition coefficient (Wildman–Crippen LogP) is 4.59. The second-order valence-corrected chi connectivity index (χ2v) is 9.40. The molecule has 3 bridgehead atoms. The molecule has 0 radical (unpaired) electrons. The minimum atomic E-state index is -0.490. The highest BCUT2D eigenvalue weighted by atomic mass is 35.5. The van der Waals surface area contributed by atoms with Gasteiger partial charge in [0.2, 0.25) is 5.88 Å². The molecule has 6 heteroatoms. The number of hydrogen-bond donors (Lipinski definition) is 2. The van der Waals surface area contributed by atoms with Crippen molar-refractivity contribution in [2.75, 3.05) is 0 Å². The molecule has 5 atom stereocenters. The van der Waals surface area contributed by atoms with Crippen molar-refractivity contribution in [2.45, 2.75) is 50.2 Å². The Morgan fingerprint density at radius 2 is 1.97 bits per heavy atom. The highest BCUT2D eigenvalue weighted by Crippen LogP contribution is 2.55. The Morgan fingerprint density at radius 1 is 1.14 bits per heavy atom. The maximum atomic E-state index is 12.9. The van der Waals surface area contributed by atoms with Crippen LogP contribution in [0.5, 0.6) is 11.6 Å². The molecular formula is C23H25ClN2O3. The molecule has 0 aliphatic heterocycles. The molecule has 5 rings (SSSR count). The summed E-state index contributed by atoms with van der Waals surface area (Å²) in [5.41, 5.74) is 0.125. The quantitative estimate of drug-likeness (QED) is 0.770. The number of halogens is 1.